The first-order valence-corrected chi connectivity index (χ1v) is 7.82. The Bertz CT molecular complexity index is 773. The number of anilines is 1. The predicted octanol–water partition coefficient (Wildman–Crippen LogP) is 2.98. The van der Waals surface area contributed by atoms with Crippen molar-refractivity contribution in [2.45, 2.75) is 12.6 Å². The van der Waals surface area contributed by atoms with E-state index in [1.807, 2.05) is 18.2 Å². The van der Waals surface area contributed by atoms with Gasteiger partial charge >= 0.3 is 0 Å². The van der Waals surface area contributed by atoms with Crippen LogP contribution in [-0.4, -0.2) is 36.0 Å². The molecule has 5 nitrogen and oxygen atoms in total. The van der Waals surface area contributed by atoms with Crippen molar-refractivity contribution in [3.63, 3.8) is 0 Å². The molecule has 0 radical (unpaired) electrons. The van der Waals surface area contributed by atoms with E-state index in [4.69, 9.17) is 9.73 Å². The lowest BCUT2D eigenvalue weighted by atomic mass is 10.0. The van der Waals surface area contributed by atoms with Crippen LogP contribution in [0, 0.1) is 0 Å². The number of ether oxygens (including phenoxy) is 1. The summed E-state index contributed by atoms with van der Waals surface area (Å²) in [4.78, 5) is 7.01. The van der Waals surface area contributed by atoms with Crippen LogP contribution in [0.15, 0.2) is 47.5 Å². The summed E-state index contributed by atoms with van der Waals surface area (Å²) in [7, 11) is 1.55. The molecule has 0 spiro atoms. The number of aliphatic imine (C=N–C) groups is 1. The molecule has 0 fully saturated rings. The van der Waals surface area contributed by atoms with Crippen LogP contribution in [0.25, 0.3) is 0 Å². The van der Waals surface area contributed by atoms with Crippen molar-refractivity contribution in [3.8, 4) is 11.5 Å². The zero-order valence-electron chi connectivity index (χ0n) is 13.0. The number of methoxy groups -OCH3 is 1. The minimum Gasteiger partial charge on any atom is -0.504 e. The quantitative estimate of drug-likeness (QED) is 0.895. The van der Waals surface area contributed by atoms with Crippen molar-refractivity contribution in [2.24, 2.45) is 4.99 Å². The van der Waals surface area contributed by atoms with E-state index >= 15 is 0 Å². The molecule has 2 heterocycles. The fourth-order valence-electron chi connectivity index (χ4n) is 3.28. The van der Waals surface area contributed by atoms with E-state index in [2.05, 4.69) is 22.3 Å². The Balaban J connectivity index is 1.79. The summed E-state index contributed by atoms with van der Waals surface area (Å²) in [6.45, 7) is 1.80. The molecule has 1 atom stereocenters. The number of hydrogen-bond acceptors (Lipinski definition) is 5. The van der Waals surface area contributed by atoms with Crippen LogP contribution in [0.2, 0.25) is 0 Å². The number of nitrogens with zero attached hydrogens (tertiary/aromatic N) is 2. The maximum atomic E-state index is 10.1. The molecule has 0 aliphatic carbocycles. The fourth-order valence-corrected chi connectivity index (χ4v) is 3.28. The highest BCUT2D eigenvalue weighted by atomic mass is 16.5. The third-order valence-corrected chi connectivity index (χ3v) is 4.38. The normalized spacial score (nSPS) is 19.3. The maximum absolute atomic E-state index is 10.1. The molecule has 2 aromatic carbocycles. The number of nitrogens with one attached hydrogen (secondary N) is 1. The fraction of sp³-hybridized carbons (Fsp3) is 0.278. The Kier molecular flexibility index (Phi) is 3.33. The first-order valence-electron chi connectivity index (χ1n) is 7.82. The second kappa shape index (κ2) is 5.50. The van der Waals surface area contributed by atoms with Crippen LogP contribution < -0.4 is 10.1 Å². The second-order valence-corrected chi connectivity index (χ2v) is 5.78. The topological polar surface area (TPSA) is 57.1 Å². The molecular formula is C18H19N3O2. The minimum atomic E-state index is -0.0410. The van der Waals surface area contributed by atoms with Gasteiger partial charge in [0.25, 0.3) is 0 Å². The Labute approximate surface area is 135 Å². The van der Waals surface area contributed by atoms with Gasteiger partial charge in [-0.3, -0.25) is 4.99 Å². The van der Waals surface area contributed by atoms with Crippen LogP contribution in [-0.2, 0) is 0 Å². The largest absolute Gasteiger partial charge is 0.504 e. The molecule has 1 unspecified atom stereocenters. The lowest BCUT2D eigenvalue weighted by Crippen LogP contribution is -2.45. The molecule has 0 aromatic heterocycles. The van der Waals surface area contributed by atoms with E-state index in [-0.39, 0.29) is 11.9 Å². The molecular weight excluding hydrogens is 290 g/mol. The van der Waals surface area contributed by atoms with E-state index in [0.29, 0.717) is 5.75 Å². The standard InChI is InChI=1S/C18H19N3O2/c1-23-16-8-7-12(11-15(16)22)17-20-14-6-3-2-5-13(14)18-19-9-4-10-21(17)18/h2-3,5-8,11,17,20,22H,4,9-10H2,1H3. The van der Waals surface area contributed by atoms with Crippen LogP contribution in [0.5, 0.6) is 11.5 Å². The van der Waals surface area contributed by atoms with Crippen molar-refractivity contribution in [2.75, 3.05) is 25.5 Å². The molecule has 0 saturated heterocycles. The average molecular weight is 309 g/mol. The molecule has 2 aromatic rings. The summed E-state index contributed by atoms with van der Waals surface area (Å²) in [5.41, 5.74) is 3.21. The summed E-state index contributed by atoms with van der Waals surface area (Å²) < 4.78 is 5.14. The zero-order chi connectivity index (χ0) is 15.8. The Morgan fingerprint density at radius 3 is 2.96 bits per heavy atom. The van der Waals surface area contributed by atoms with Gasteiger partial charge in [0.1, 0.15) is 12.0 Å². The number of phenolic OH excluding ortho intramolecular Hbond substituents is 1. The van der Waals surface area contributed by atoms with Gasteiger partial charge in [-0.1, -0.05) is 18.2 Å². The van der Waals surface area contributed by atoms with E-state index in [1.54, 1.807) is 19.2 Å². The van der Waals surface area contributed by atoms with Crippen molar-refractivity contribution in [3.05, 3.63) is 53.6 Å². The molecule has 2 aliphatic heterocycles. The van der Waals surface area contributed by atoms with E-state index < -0.39 is 0 Å². The molecule has 2 N–H and O–H groups in total. The zero-order valence-corrected chi connectivity index (χ0v) is 13.0. The molecule has 5 heteroatoms. The maximum Gasteiger partial charge on any atom is 0.160 e. The van der Waals surface area contributed by atoms with Gasteiger partial charge in [0.15, 0.2) is 11.5 Å². The SMILES string of the molecule is COc1ccc(C2Nc3ccccc3C3=NCCCN32)cc1O. The summed E-state index contributed by atoms with van der Waals surface area (Å²) in [5, 5.41) is 13.7. The highest BCUT2D eigenvalue weighted by molar-refractivity contribution is 6.05. The summed E-state index contributed by atoms with van der Waals surface area (Å²) in [6, 6.07) is 13.8. The van der Waals surface area contributed by atoms with E-state index in [9.17, 15) is 5.11 Å². The molecule has 23 heavy (non-hydrogen) atoms. The number of benzene rings is 2. The number of hydrogen-bond donors (Lipinski definition) is 2. The number of rotatable bonds is 2. The van der Waals surface area contributed by atoms with Crippen LogP contribution in [0.3, 0.4) is 0 Å². The number of aromatic hydroxyl groups is 1. The molecule has 4 rings (SSSR count). The van der Waals surface area contributed by atoms with Gasteiger partial charge in [-0.25, -0.2) is 0 Å². The van der Waals surface area contributed by atoms with Crippen LogP contribution in [0.1, 0.15) is 23.7 Å². The average Bonchev–Trinajstić information content (AvgIpc) is 2.61. The van der Waals surface area contributed by atoms with Crippen molar-refractivity contribution >= 4 is 11.5 Å². The third kappa shape index (κ3) is 2.29. The van der Waals surface area contributed by atoms with Crippen molar-refractivity contribution in [1.29, 1.82) is 0 Å². The predicted molar refractivity (Wildman–Crippen MR) is 90.2 cm³/mol. The Morgan fingerprint density at radius 1 is 1.26 bits per heavy atom. The number of fused-ring (bicyclic) bond motifs is 3. The minimum absolute atomic E-state index is 0.0410. The number of phenols is 1. The van der Waals surface area contributed by atoms with Crippen LogP contribution in [0.4, 0.5) is 5.69 Å². The third-order valence-electron chi connectivity index (χ3n) is 4.38. The molecule has 0 saturated carbocycles. The summed E-state index contributed by atoms with van der Waals surface area (Å²) in [5.74, 6) is 1.67. The smallest absolute Gasteiger partial charge is 0.160 e. The van der Waals surface area contributed by atoms with Gasteiger partial charge in [-0.15, -0.1) is 0 Å². The van der Waals surface area contributed by atoms with Gasteiger partial charge in [0, 0.05) is 24.3 Å². The molecule has 2 aliphatic rings. The van der Waals surface area contributed by atoms with Crippen molar-refractivity contribution in [1.82, 2.24) is 4.90 Å². The summed E-state index contributed by atoms with van der Waals surface area (Å²) >= 11 is 0. The first kappa shape index (κ1) is 13.9. The van der Waals surface area contributed by atoms with Gasteiger partial charge in [-0.05, 0) is 36.2 Å². The Hall–Kier alpha value is -2.69. The first-order chi connectivity index (χ1) is 11.3. The van der Waals surface area contributed by atoms with E-state index in [1.165, 1.54) is 0 Å². The van der Waals surface area contributed by atoms with Gasteiger partial charge in [-0.2, -0.15) is 0 Å². The monoisotopic (exact) mass is 309 g/mol. The molecule has 118 valence electrons. The van der Waals surface area contributed by atoms with Crippen LogP contribution >= 0.6 is 0 Å². The highest BCUT2D eigenvalue weighted by Crippen LogP contribution is 2.37. The Morgan fingerprint density at radius 2 is 2.13 bits per heavy atom. The van der Waals surface area contributed by atoms with E-state index in [0.717, 1.165) is 42.2 Å². The lowest BCUT2D eigenvalue weighted by molar-refractivity contribution is 0.320. The number of amidine groups is 1. The second-order valence-electron chi connectivity index (χ2n) is 5.78. The van der Waals surface area contributed by atoms with Crippen molar-refractivity contribution < 1.29 is 9.84 Å². The summed E-state index contributed by atoms with van der Waals surface area (Å²) in [6.07, 6.45) is 0.993. The van der Waals surface area contributed by atoms with Gasteiger partial charge in [0.05, 0.1) is 7.11 Å². The number of para-hydroxylation sites is 1. The molecule has 0 bridgehead atoms. The lowest BCUT2D eigenvalue weighted by Gasteiger charge is -2.42. The molecule has 0 amide bonds. The van der Waals surface area contributed by atoms with Gasteiger partial charge < -0.3 is 20.1 Å². The highest BCUT2D eigenvalue weighted by Gasteiger charge is 2.32. The van der Waals surface area contributed by atoms with Gasteiger partial charge in [0.2, 0.25) is 0 Å².